The van der Waals surface area contributed by atoms with Gasteiger partial charge in [-0.3, -0.25) is 9.69 Å². The average Bonchev–Trinajstić information content (AvgIpc) is 3.00. The summed E-state index contributed by atoms with van der Waals surface area (Å²) in [6.45, 7) is 4.97. The van der Waals surface area contributed by atoms with Crippen molar-refractivity contribution in [1.82, 2.24) is 19.5 Å². The monoisotopic (exact) mass is 355 g/mol. The van der Waals surface area contributed by atoms with Gasteiger partial charge in [-0.25, -0.2) is 4.98 Å². The molecule has 1 saturated heterocycles. The molecule has 2 aromatic heterocycles. The van der Waals surface area contributed by atoms with Crippen molar-refractivity contribution in [3.05, 3.63) is 58.0 Å². The van der Waals surface area contributed by atoms with Gasteiger partial charge in [0.25, 0.3) is 5.56 Å². The molecule has 0 radical (unpaired) electrons. The standard InChI is InChI=1S/C18H21N5OS/c1-13-11-16(24)23-18(19-13)25-17(21-23)20-15-7-9-22(10-8-15)12-14-5-3-2-4-6-14/h2-6,11,15H,7-10,12H2,1H3,(H,20,21). The second kappa shape index (κ2) is 6.93. The third-order valence-electron chi connectivity index (χ3n) is 4.54. The van der Waals surface area contributed by atoms with E-state index in [1.54, 1.807) is 0 Å². The summed E-state index contributed by atoms with van der Waals surface area (Å²) in [4.78, 5) is 19.5. The quantitative estimate of drug-likeness (QED) is 0.779. The van der Waals surface area contributed by atoms with Crippen molar-refractivity contribution in [2.45, 2.75) is 32.4 Å². The van der Waals surface area contributed by atoms with E-state index in [-0.39, 0.29) is 5.56 Å². The molecule has 0 spiro atoms. The van der Waals surface area contributed by atoms with Gasteiger partial charge in [0.2, 0.25) is 10.1 Å². The molecule has 0 unspecified atom stereocenters. The van der Waals surface area contributed by atoms with Crippen molar-refractivity contribution < 1.29 is 0 Å². The van der Waals surface area contributed by atoms with E-state index in [0.717, 1.165) is 43.3 Å². The minimum absolute atomic E-state index is 0.121. The predicted molar refractivity (Wildman–Crippen MR) is 100 cm³/mol. The van der Waals surface area contributed by atoms with E-state index < -0.39 is 0 Å². The van der Waals surface area contributed by atoms with Gasteiger partial charge in [-0.2, -0.15) is 4.52 Å². The maximum Gasteiger partial charge on any atom is 0.275 e. The number of aryl methyl sites for hydroxylation is 1. The van der Waals surface area contributed by atoms with E-state index in [1.807, 2.05) is 6.92 Å². The zero-order valence-corrected chi connectivity index (χ0v) is 15.0. The number of likely N-dealkylation sites (tertiary alicyclic amines) is 1. The smallest absolute Gasteiger partial charge is 0.275 e. The van der Waals surface area contributed by atoms with Gasteiger partial charge in [0.05, 0.1) is 0 Å². The first-order valence-electron chi connectivity index (χ1n) is 8.58. The van der Waals surface area contributed by atoms with Crippen LogP contribution in [0.5, 0.6) is 0 Å². The number of hydrogen-bond acceptors (Lipinski definition) is 6. The van der Waals surface area contributed by atoms with Crippen molar-refractivity contribution in [1.29, 1.82) is 0 Å². The van der Waals surface area contributed by atoms with Crippen LogP contribution in [0.2, 0.25) is 0 Å². The topological polar surface area (TPSA) is 62.5 Å². The van der Waals surface area contributed by atoms with E-state index in [2.05, 4.69) is 50.6 Å². The number of benzene rings is 1. The molecule has 3 heterocycles. The molecule has 1 aromatic carbocycles. The van der Waals surface area contributed by atoms with Crippen LogP contribution in [0, 0.1) is 6.92 Å². The maximum absolute atomic E-state index is 12.0. The Labute approximate surface area is 150 Å². The lowest BCUT2D eigenvalue weighted by molar-refractivity contribution is 0.211. The molecular formula is C18H21N5OS. The molecule has 1 aliphatic rings. The van der Waals surface area contributed by atoms with E-state index in [4.69, 9.17) is 0 Å². The van der Waals surface area contributed by atoms with Crippen molar-refractivity contribution in [2.24, 2.45) is 0 Å². The highest BCUT2D eigenvalue weighted by Crippen LogP contribution is 2.21. The molecule has 0 aliphatic carbocycles. The van der Waals surface area contributed by atoms with Crippen molar-refractivity contribution in [2.75, 3.05) is 18.4 Å². The lowest BCUT2D eigenvalue weighted by Gasteiger charge is -2.32. The summed E-state index contributed by atoms with van der Waals surface area (Å²) in [7, 11) is 0. The zero-order valence-electron chi connectivity index (χ0n) is 14.2. The molecule has 0 amide bonds. The molecule has 0 bridgehead atoms. The summed E-state index contributed by atoms with van der Waals surface area (Å²) < 4.78 is 1.38. The molecular weight excluding hydrogens is 334 g/mol. The summed E-state index contributed by atoms with van der Waals surface area (Å²) in [5.74, 6) is 0. The van der Waals surface area contributed by atoms with Crippen LogP contribution in [0.4, 0.5) is 5.13 Å². The number of hydrogen-bond donors (Lipinski definition) is 1. The SMILES string of the molecule is Cc1cc(=O)n2nc(NC3CCN(Cc4ccccc4)CC3)sc2n1. The van der Waals surface area contributed by atoms with E-state index in [9.17, 15) is 4.79 Å². The molecule has 7 heteroatoms. The summed E-state index contributed by atoms with van der Waals surface area (Å²) in [5, 5.41) is 8.63. The van der Waals surface area contributed by atoms with Gasteiger partial charge in [0.1, 0.15) is 0 Å². The average molecular weight is 355 g/mol. The largest absolute Gasteiger partial charge is 0.357 e. The minimum atomic E-state index is -0.121. The Hall–Kier alpha value is -2.25. The molecule has 4 rings (SSSR count). The molecule has 1 aliphatic heterocycles. The maximum atomic E-state index is 12.0. The van der Waals surface area contributed by atoms with E-state index >= 15 is 0 Å². The highest BCUT2D eigenvalue weighted by Gasteiger charge is 2.20. The Morgan fingerprint density at radius 2 is 2.00 bits per heavy atom. The van der Waals surface area contributed by atoms with Crippen LogP contribution in [-0.4, -0.2) is 38.6 Å². The second-order valence-corrected chi connectivity index (χ2v) is 7.47. The molecule has 6 nitrogen and oxygen atoms in total. The Balaban J connectivity index is 1.37. The van der Waals surface area contributed by atoms with Gasteiger partial charge in [-0.1, -0.05) is 41.7 Å². The molecule has 0 atom stereocenters. The first-order chi connectivity index (χ1) is 12.2. The fourth-order valence-corrected chi connectivity index (χ4v) is 4.16. The minimum Gasteiger partial charge on any atom is -0.357 e. The van der Waals surface area contributed by atoms with E-state index in [1.165, 1.54) is 27.5 Å². The third-order valence-corrected chi connectivity index (χ3v) is 5.38. The van der Waals surface area contributed by atoms with Gasteiger partial charge in [-0.05, 0) is 25.3 Å². The summed E-state index contributed by atoms with van der Waals surface area (Å²) >= 11 is 1.44. The van der Waals surface area contributed by atoms with Crippen molar-refractivity contribution in [3.63, 3.8) is 0 Å². The molecule has 1 fully saturated rings. The number of fused-ring (bicyclic) bond motifs is 1. The Morgan fingerprint density at radius 3 is 2.76 bits per heavy atom. The van der Waals surface area contributed by atoms with Crippen LogP contribution < -0.4 is 10.9 Å². The number of aromatic nitrogens is 3. The predicted octanol–water partition coefficient (Wildman–Crippen LogP) is 2.54. The molecule has 25 heavy (non-hydrogen) atoms. The van der Waals surface area contributed by atoms with Crippen molar-refractivity contribution >= 4 is 21.4 Å². The van der Waals surface area contributed by atoms with Crippen LogP contribution >= 0.6 is 11.3 Å². The van der Waals surface area contributed by atoms with Gasteiger partial charge in [0.15, 0.2) is 0 Å². The van der Waals surface area contributed by atoms with Crippen LogP contribution in [0.3, 0.4) is 0 Å². The lowest BCUT2D eigenvalue weighted by Crippen LogP contribution is -2.38. The molecule has 3 aromatic rings. The lowest BCUT2D eigenvalue weighted by atomic mass is 10.0. The number of nitrogens with one attached hydrogen (secondary N) is 1. The molecule has 1 N–H and O–H groups in total. The van der Waals surface area contributed by atoms with Crippen LogP contribution in [0.1, 0.15) is 24.1 Å². The Morgan fingerprint density at radius 1 is 1.24 bits per heavy atom. The van der Waals surface area contributed by atoms with Gasteiger partial charge in [0, 0.05) is 37.4 Å². The van der Waals surface area contributed by atoms with E-state index in [0.29, 0.717) is 11.0 Å². The first-order valence-corrected chi connectivity index (χ1v) is 9.39. The fourth-order valence-electron chi connectivity index (χ4n) is 3.23. The number of nitrogens with zero attached hydrogens (tertiary/aromatic N) is 4. The van der Waals surface area contributed by atoms with Crippen molar-refractivity contribution in [3.8, 4) is 0 Å². The van der Waals surface area contributed by atoms with Gasteiger partial charge < -0.3 is 5.32 Å². The summed E-state index contributed by atoms with van der Waals surface area (Å²) in [5.41, 5.74) is 1.97. The summed E-state index contributed by atoms with van der Waals surface area (Å²) in [6.07, 6.45) is 2.15. The van der Waals surface area contributed by atoms with Gasteiger partial charge >= 0.3 is 0 Å². The first kappa shape index (κ1) is 16.2. The van der Waals surface area contributed by atoms with Gasteiger partial charge in [-0.15, -0.1) is 5.10 Å². The summed E-state index contributed by atoms with van der Waals surface area (Å²) in [6, 6.07) is 12.5. The second-order valence-electron chi connectivity index (χ2n) is 6.52. The van der Waals surface area contributed by atoms with Crippen LogP contribution in [0.25, 0.3) is 4.96 Å². The molecule has 130 valence electrons. The highest BCUT2D eigenvalue weighted by molar-refractivity contribution is 7.20. The Kier molecular flexibility index (Phi) is 4.50. The number of rotatable bonds is 4. The third kappa shape index (κ3) is 3.72. The zero-order chi connectivity index (χ0) is 17.2. The normalized spacial score (nSPS) is 16.4. The van der Waals surface area contributed by atoms with Crippen LogP contribution in [-0.2, 0) is 6.54 Å². The van der Waals surface area contributed by atoms with Crippen LogP contribution in [0.15, 0.2) is 41.2 Å². The fraction of sp³-hybridized carbons (Fsp3) is 0.389. The Bertz CT molecular complexity index is 912. The number of anilines is 1. The highest BCUT2D eigenvalue weighted by atomic mass is 32.1. The molecule has 0 saturated carbocycles. The number of piperidine rings is 1.